The summed E-state index contributed by atoms with van der Waals surface area (Å²) in [4.78, 5) is 30.3. The van der Waals surface area contributed by atoms with Gasteiger partial charge in [0.2, 0.25) is 0 Å². The molecule has 0 fully saturated rings. The van der Waals surface area contributed by atoms with E-state index in [0.717, 1.165) is 22.5 Å². The maximum Gasteiger partial charge on any atom is 0.412 e. The molecular weight excluding hydrogens is 552 g/mol. The highest BCUT2D eigenvalue weighted by molar-refractivity contribution is 7.21. The molecule has 4 aromatic heterocycles. The minimum atomic E-state index is -1.35. The Morgan fingerprint density at radius 1 is 1.10 bits per heavy atom. The molecule has 2 unspecified atom stereocenters. The molecule has 0 aliphatic heterocycles. The lowest BCUT2D eigenvalue weighted by molar-refractivity contribution is 0.162. The van der Waals surface area contributed by atoms with Gasteiger partial charge in [-0.3, -0.25) is 14.9 Å². The van der Waals surface area contributed by atoms with Gasteiger partial charge in [0.1, 0.15) is 33.0 Å². The van der Waals surface area contributed by atoms with Crippen molar-refractivity contribution >= 4 is 56.0 Å². The van der Waals surface area contributed by atoms with E-state index in [0.29, 0.717) is 37.2 Å². The number of halogens is 3. The third-order valence-electron chi connectivity index (χ3n) is 6.05. The first-order valence-corrected chi connectivity index (χ1v) is 12.7. The number of amides is 1. The fraction of sp³-hybridized carbons (Fsp3) is 0.192. The molecule has 2 atom stereocenters. The van der Waals surface area contributed by atoms with Crippen molar-refractivity contribution in [1.82, 2.24) is 19.9 Å². The Labute approximate surface area is 229 Å². The summed E-state index contributed by atoms with van der Waals surface area (Å²) in [6.45, 7) is 3.12. The number of benzene rings is 1. The molecule has 0 spiro atoms. The van der Waals surface area contributed by atoms with Crippen LogP contribution in [0.3, 0.4) is 0 Å². The van der Waals surface area contributed by atoms with Crippen LogP contribution in [0.5, 0.6) is 11.6 Å². The predicted octanol–water partition coefficient (Wildman–Crippen LogP) is 6.58. The molecule has 1 N–H and O–H groups in total. The molecule has 0 aliphatic carbocycles. The Kier molecular flexibility index (Phi) is 7.15. The van der Waals surface area contributed by atoms with E-state index in [9.17, 15) is 14.3 Å². The van der Waals surface area contributed by atoms with Gasteiger partial charge in [-0.25, -0.2) is 18.6 Å². The van der Waals surface area contributed by atoms with Crippen molar-refractivity contribution in [1.29, 1.82) is 0 Å². The van der Waals surface area contributed by atoms with Gasteiger partial charge in [0.25, 0.3) is 5.88 Å². The van der Waals surface area contributed by atoms with Crippen LogP contribution in [0.25, 0.3) is 31.8 Å². The van der Waals surface area contributed by atoms with Gasteiger partial charge in [-0.15, -0.1) is 0 Å². The number of hydrogen-bond acceptors (Lipinski definition) is 8. The summed E-state index contributed by atoms with van der Waals surface area (Å²) in [5.41, 5.74) is 1.61. The van der Waals surface area contributed by atoms with Crippen molar-refractivity contribution in [2.45, 2.75) is 26.0 Å². The van der Waals surface area contributed by atoms with E-state index in [1.807, 2.05) is 0 Å². The SMILES string of the molecule is COc1cnc2c(-c3nc4cc(F)c(OC(C)C(C)N(C(=O)O)c5cncc(F)c5)nc4s3)cc(Cl)cc2c1. The summed E-state index contributed by atoms with van der Waals surface area (Å²) in [7, 11) is 1.54. The molecule has 0 saturated carbocycles. The fourth-order valence-electron chi connectivity index (χ4n) is 4.03. The summed E-state index contributed by atoms with van der Waals surface area (Å²) >= 11 is 7.55. The molecule has 0 saturated heterocycles. The second-order valence-electron chi connectivity index (χ2n) is 8.60. The summed E-state index contributed by atoms with van der Waals surface area (Å²) in [6.07, 6.45) is 1.55. The van der Waals surface area contributed by atoms with Gasteiger partial charge in [0.15, 0.2) is 5.82 Å². The van der Waals surface area contributed by atoms with Gasteiger partial charge < -0.3 is 14.6 Å². The number of rotatable bonds is 7. The molecule has 9 nitrogen and oxygen atoms in total. The molecule has 5 rings (SSSR count). The van der Waals surface area contributed by atoms with Gasteiger partial charge in [-0.2, -0.15) is 4.98 Å². The van der Waals surface area contributed by atoms with Gasteiger partial charge in [-0.05, 0) is 32.0 Å². The van der Waals surface area contributed by atoms with Crippen molar-refractivity contribution in [3.05, 3.63) is 65.6 Å². The maximum absolute atomic E-state index is 15.0. The minimum Gasteiger partial charge on any atom is -0.495 e. The largest absolute Gasteiger partial charge is 0.495 e. The third-order valence-corrected chi connectivity index (χ3v) is 7.27. The molecule has 5 aromatic rings. The first-order valence-electron chi connectivity index (χ1n) is 11.5. The number of hydrogen-bond donors (Lipinski definition) is 1. The maximum atomic E-state index is 15.0. The van der Waals surface area contributed by atoms with Gasteiger partial charge in [0.05, 0.1) is 42.9 Å². The number of pyridine rings is 3. The molecule has 13 heteroatoms. The number of methoxy groups -OCH3 is 1. The highest BCUT2D eigenvalue weighted by atomic mass is 35.5. The lowest BCUT2D eigenvalue weighted by Gasteiger charge is -2.30. The Hall–Kier alpha value is -4.16. The molecule has 1 amide bonds. The second-order valence-corrected chi connectivity index (χ2v) is 10.0. The van der Waals surface area contributed by atoms with Crippen LogP contribution in [0, 0.1) is 11.6 Å². The van der Waals surface area contributed by atoms with E-state index >= 15 is 4.39 Å². The minimum absolute atomic E-state index is 0.0152. The van der Waals surface area contributed by atoms with Gasteiger partial charge in [-0.1, -0.05) is 22.9 Å². The van der Waals surface area contributed by atoms with E-state index in [1.54, 1.807) is 45.4 Å². The number of carbonyl (C=O) groups is 1. The van der Waals surface area contributed by atoms with Crippen molar-refractivity contribution < 1.29 is 28.2 Å². The third kappa shape index (κ3) is 5.25. The molecule has 200 valence electrons. The van der Waals surface area contributed by atoms with Crippen LogP contribution in [0.4, 0.5) is 19.3 Å². The summed E-state index contributed by atoms with van der Waals surface area (Å²) in [5, 5.41) is 11.5. The molecule has 0 bridgehead atoms. The Morgan fingerprint density at radius 2 is 1.90 bits per heavy atom. The first kappa shape index (κ1) is 26.4. The quantitative estimate of drug-likeness (QED) is 0.233. The van der Waals surface area contributed by atoms with Crippen LogP contribution in [0.1, 0.15) is 13.8 Å². The van der Waals surface area contributed by atoms with Crippen LogP contribution in [0.2, 0.25) is 5.02 Å². The Morgan fingerprint density at radius 3 is 2.62 bits per heavy atom. The van der Waals surface area contributed by atoms with Crippen LogP contribution >= 0.6 is 22.9 Å². The molecule has 39 heavy (non-hydrogen) atoms. The van der Waals surface area contributed by atoms with E-state index < -0.39 is 29.9 Å². The second kappa shape index (κ2) is 10.5. The lowest BCUT2D eigenvalue weighted by atomic mass is 10.1. The monoisotopic (exact) mass is 571 g/mol. The van der Waals surface area contributed by atoms with E-state index in [1.165, 1.54) is 23.6 Å². The zero-order chi connectivity index (χ0) is 27.8. The van der Waals surface area contributed by atoms with Crippen LogP contribution < -0.4 is 14.4 Å². The van der Waals surface area contributed by atoms with Crippen molar-refractivity contribution in [3.63, 3.8) is 0 Å². The van der Waals surface area contributed by atoms with Gasteiger partial charge in [0, 0.05) is 28.1 Å². The van der Waals surface area contributed by atoms with Crippen molar-refractivity contribution in [2.24, 2.45) is 0 Å². The smallest absolute Gasteiger partial charge is 0.412 e. The summed E-state index contributed by atoms with van der Waals surface area (Å²) < 4.78 is 39.7. The van der Waals surface area contributed by atoms with E-state index in [2.05, 4.69) is 19.9 Å². The number of nitrogens with zero attached hydrogens (tertiary/aromatic N) is 5. The number of carboxylic acid groups (broad SMARTS) is 1. The van der Waals surface area contributed by atoms with Crippen LogP contribution in [0.15, 0.2) is 48.9 Å². The van der Waals surface area contributed by atoms with Crippen molar-refractivity contribution in [3.8, 4) is 22.2 Å². The standard InChI is InChI=1S/C26H20ClF2N5O4S/c1-12(34(26(35)36)17-7-16(28)9-30-10-17)13(2)38-23-20(29)8-21-25(33-23)39-24(32-21)19-6-15(27)4-14-5-18(37-3)11-31-22(14)19/h4-13H,1-3H3,(H,35,36). The number of anilines is 1. The highest BCUT2D eigenvalue weighted by Gasteiger charge is 2.29. The van der Waals surface area contributed by atoms with E-state index in [-0.39, 0.29) is 11.6 Å². The topological polar surface area (TPSA) is 111 Å². The number of ether oxygens (including phenoxy) is 2. The number of aromatic nitrogens is 4. The number of fused-ring (bicyclic) bond motifs is 2. The summed E-state index contributed by atoms with van der Waals surface area (Å²) in [6, 6.07) is 6.68. The molecule has 4 heterocycles. The van der Waals surface area contributed by atoms with Gasteiger partial charge >= 0.3 is 6.09 Å². The predicted molar refractivity (Wildman–Crippen MR) is 144 cm³/mol. The molecule has 1 aromatic carbocycles. The van der Waals surface area contributed by atoms with Crippen LogP contribution in [-0.2, 0) is 0 Å². The molecule has 0 aliphatic rings. The lowest BCUT2D eigenvalue weighted by Crippen LogP contribution is -2.46. The average molecular weight is 572 g/mol. The Balaban J connectivity index is 1.47. The average Bonchev–Trinajstić information content (AvgIpc) is 3.30. The first-order chi connectivity index (χ1) is 18.6. The summed E-state index contributed by atoms with van der Waals surface area (Å²) in [5.74, 6) is -1.21. The van der Waals surface area contributed by atoms with E-state index in [4.69, 9.17) is 21.1 Å². The highest BCUT2D eigenvalue weighted by Crippen LogP contribution is 2.37. The normalized spacial score (nSPS) is 12.9. The zero-order valence-corrected chi connectivity index (χ0v) is 22.3. The fourth-order valence-corrected chi connectivity index (χ4v) is 5.18. The van der Waals surface area contributed by atoms with Crippen LogP contribution in [-0.4, -0.2) is 50.4 Å². The van der Waals surface area contributed by atoms with Crippen molar-refractivity contribution in [2.75, 3.05) is 12.0 Å². The zero-order valence-electron chi connectivity index (χ0n) is 20.7. The Bertz CT molecular complexity index is 1720. The number of thiazole rings is 1. The molecule has 0 radical (unpaired) electrons. The molecular formula is C26H20ClF2N5O4S.